The Bertz CT molecular complexity index is 1120. The van der Waals surface area contributed by atoms with Crippen LogP contribution in [0.2, 0.25) is 0 Å². The van der Waals surface area contributed by atoms with Crippen LogP contribution < -0.4 is 14.8 Å². The quantitative estimate of drug-likeness (QED) is 0.487. The molecule has 146 valence electrons. The van der Waals surface area contributed by atoms with Crippen molar-refractivity contribution in [2.75, 3.05) is 7.11 Å². The summed E-state index contributed by atoms with van der Waals surface area (Å²) in [5.74, 6) is 1.47. The van der Waals surface area contributed by atoms with Crippen molar-refractivity contribution in [3.05, 3.63) is 95.7 Å². The van der Waals surface area contributed by atoms with Crippen LogP contribution in [0.25, 0.3) is 11.0 Å². The van der Waals surface area contributed by atoms with Gasteiger partial charge < -0.3 is 19.2 Å². The van der Waals surface area contributed by atoms with E-state index in [0.29, 0.717) is 12.1 Å². The molecule has 0 saturated carbocycles. The number of nitrogens with one attached hydrogen (secondary N) is 1. The molecule has 1 N–H and O–H groups in total. The van der Waals surface area contributed by atoms with Gasteiger partial charge in [-0.2, -0.15) is 0 Å². The monoisotopic (exact) mass is 387 g/mol. The lowest BCUT2D eigenvalue weighted by atomic mass is 10.1. The predicted molar refractivity (Wildman–Crippen MR) is 111 cm³/mol. The highest BCUT2D eigenvalue weighted by Crippen LogP contribution is 2.27. The Labute approximate surface area is 168 Å². The van der Waals surface area contributed by atoms with Crippen LogP contribution in [-0.2, 0) is 13.2 Å². The number of para-hydroxylation sites is 2. The van der Waals surface area contributed by atoms with E-state index in [-0.39, 0.29) is 18.3 Å². The zero-order chi connectivity index (χ0) is 20.1. The summed E-state index contributed by atoms with van der Waals surface area (Å²) in [5, 5.41) is 3.79. The third-order valence-electron chi connectivity index (χ3n) is 4.62. The van der Waals surface area contributed by atoms with Gasteiger partial charge in [-0.3, -0.25) is 4.79 Å². The van der Waals surface area contributed by atoms with Gasteiger partial charge in [0.1, 0.15) is 23.7 Å². The van der Waals surface area contributed by atoms with Gasteiger partial charge in [0.05, 0.1) is 7.11 Å². The van der Waals surface area contributed by atoms with Gasteiger partial charge in [-0.25, -0.2) is 0 Å². The lowest BCUT2D eigenvalue weighted by molar-refractivity contribution is 0.0922. The van der Waals surface area contributed by atoms with E-state index in [1.54, 1.807) is 7.11 Å². The second-order valence-corrected chi connectivity index (χ2v) is 6.54. The van der Waals surface area contributed by atoms with Gasteiger partial charge in [-0.1, -0.05) is 48.5 Å². The minimum atomic E-state index is -0.282. The average molecular weight is 387 g/mol. The fourth-order valence-electron chi connectivity index (χ4n) is 3.14. The topological polar surface area (TPSA) is 60.7 Å². The number of benzene rings is 3. The van der Waals surface area contributed by atoms with Crippen molar-refractivity contribution in [2.45, 2.75) is 13.2 Å². The van der Waals surface area contributed by atoms with Crippen molar-refractivity contribution in [3.63, 3.8) is 0 Å². The summed E-state index contributed by atoms with van der Waals surface area (Å²) in [7, 11) is 1.62. The molecule has 0 aliphatic carbocycles. The molecule has 4 rings (SSSR count). The predicted octanol–water partition coefficient (Wildman–Crippen LogP) is 4.95. The Morgan fingerprint density at radius 3 is 2.52 bits per heavy atom. The highest BCUT2D eigenvalue weighted by molar-refractivity contribution is 5.99. The third kappa shape index (κ3) is 4.24. The number of carbonyl (C=O) groups is 1. The third-order valence-corrected chi connectivity index (χ3v) is 4.62. The Morgan fingerprint density at radius 1 is 0.931 bits per heavy atom. The van der Waals surface area contributed by atoms with Gasteiger partial charge in [0.2, 0.25) is 0 Å². The number of furan rings is 1. The van der Waals surface area contributed by atoms with Crippen LogP contribution in [0.3, 0.4) is 0 Å². The molecular weight excluding hydrogens is 366 g/mol. The smallest absolute Gasteiger partial charge is 0.287 e. The molecule has 1 aromatic heterocycles. The molecular formula is C24H21NO4. The summed E-state index contributed by atoms with van der Waals surface area (Å²) in [4.78, 5) is 12.9. The van der Waals surface area contributed by atoms with Crippen LogP contribution in [0.15, 0.2) is 83.3 Å². The molecule has 0 atom stereocenters. The molecule has 0 saturated heterocycles. The number of hydrogen-bond donors (Lipinski definition) is 1. The van der Waals surface area contributed by atoms with Gasteiger partial charge in [-0.05, 0) is 35.9 Å². The highest BCUT2D eigenvalue weighted by Gasteiger charge is 2.21. The number of hydrogen-bond acceptors (Lipinski definition) is 4. The van der Waals surface area contributed by atoms with Gasteiger partial charge in [0, 0.05) is 17.5 Å². The fourth-order valence-corrected chi connectivity index (χ4v) is 3.14. The first-order valence-corrected chi connectivity index (χ1v) is 9.34. The minimum absolute atomic E-state index is 0.239. The average Bonchev–Trinajstić information content (AvgIpc) is 3.15. The fraction of sp³-hybridized carbons (Fsp3) is 0.125. The lowest BCUT2D eigenvalue weighted by Crippen LogP contribution is -2.23. The molecule has 29 heavy (non-hydrogen) atoms. The zero-order valence-corrected chi connectivity index (χ0v) is 16.1. The first-order valence-electron chi connectivity index (χ1n) is 9.34. The van der Waals surface area contributed by atoms with Crippen molar-refractivity contribution in [3.8, 4) is 11.5 Å². The van der Waals surface area contributed by atoms with Crippen LogP contribution in [0.4, 0.5) is 0 Å². The summed E-state index contributed by atoms with van der Waals surface area (Å²) >= 11 is 0. The van der Waals surface area contributed by atoms with Crippen molar-refractivity contribution >= 4 is 16.9 Å². The van der Waals surface area contributed by atoms with E-state index in [9.17, 15) is 4.79 Å². The van der Waals surface area contributed by atoms with E-state index in [4.69, 9.17) is 13.9 Å². The van der Waals surface area contributed by atoms with Crippen molar-refractivity contribution < 1.29 is 18.7 Å². The molecule has 0 fully saturated rings. The maximum Gasteiger partial charge on any atom is 0.287 e. The molecule has 0 radical (unpaired) electrons. The maximum absolute atomic E-state index is 12.9. The summed E-state index contributed by atoms with van der Waals surface area (Å²) in [5.41, 5.74) is 2.33. The number of fused-ring (bicyclic) bond motifs is 1. The zero-order valence-electron chi connectivity index (χ0n) is 16.1. The Kier molecular flexibility index (Phi) is 5.47. The van der Waals surface area contributed by atoms with Gasteiger partial charge in [-0.15, -0.1) is 0 Å². The number of methoxy groups -OCH3 is 1. The summed E-state index contributed by atoms with van der Waals surface area (Å²) in [6.45, 7) is 0.606. The highest BCUT2D eigenvalue weighted by atomic mass is 16.5. The standard InChI is InChI=1S/C24H21NO4/c1-27-19-11-7-8-17(14-19)15-25-24(26)23-21(16-28-18-9-3-2-4-10-18)20-12-5-6-13-22(20)29-23/h2-14H,15-16H2,1H3,(H,25,26). The summed E-state index contributed by atoms with van der Waals surface area (Å²) in [6.07, 6.45) is 0. The summed E-state index contributed by atoms with van der Waals surface area (Å²) < 4.78 is 17.0. The van der Waals surface area contributed by atoms with Crippen molar-refractivity contribution in [1.82, 2.24) is 5.32 Å². The van der Waals surface area contributed by atoms with E-state index in [1.807, 2.05) is 78.9 Å². The molecule has 1 heterocycles. The second-order valence-electron chi connectivity index (χ2n) is 6.54. The molecule has 1 amide bonds. The molecule has 0 aliphatic rings. The van der Waals surface area contributed by atoms with Crippen LogP contribution in [0.5, 0.6) is 11.5 Å². The Balaban J connectivity index is 1.56. The molecule has 5 heteroatoms. The minimum Gasteiger partial charge on any atom is -0.497 e. The maximum atomic E-state index is 12.9. The molecule has 0 spiro atoms. The Morgan fingerprint density at radius 2 is 1.69 bits per heavy atom. The lowest BCUT2D eigenvalue weighted by Gasteiger charge is -2.08. The van der Waals surface area contributed by atoms with Crippen molar-refractivity contribution in [2.24, 2.45) is 0 Å². The van der Waals surface area contributed by atoms with Crippen LogP contribution >= 0.6 is 0 Å². The van der Waals surface area contributed by atoms with Crippen molar-refractivity contribution in [1.29, 1.82) is 0 Å². The van der Waals surface area contributed by atoms with Crippen LogP contribution in [0, 0.1) is 0 Å². The van der Waals surface area contributed by atoms with E-state index in [0.717, 1.165) is 28.0 Å². The van der Waals surface area contributed by atoms with Gasteiger partial charge in [0.15, 0.2) is 5.76 Å². The second kappa shape index (κ2) is 8.52. The molecule has 0 unspecified atom stereocenters. The number of carbonyl (C=O) groups excluding carboxylic acids is 1. The first kappa shape index (κ1) is 18.6. The summed E-state index contributed by atoms with van der Waals surface area (Å²) in [6, 6.07) is 24.7. The Hall–Kier alpha value is -3.73. The van der Waals surface area contributed by atoms with E-state index in [1.165, 1.54) is 0 Å². The van der Waals surface area contributed by atoms with E-state index >= 15 is 0 Å². The normalized spacial score (nSPS) is 10.7. The van der Waals surface area contributed by atoms with Crippen LogP contribution in [0.1, 0.15) is 21.7 Å². The van der Waals surface area contributed by atoms with E-state index in [2.05, 4.69) is 5.32 Å². The molecule has 0 aliphatic heterocycles. The molecule has 4 aromatic rings. The molecule has 5 nitrogen and oxygen atoms in total. The molecule has 3 aromatic carbocycles. The van der Waals surface area contributed by atoms with Gasteiger partial charge in [0.25, 0.3) is 5.91 Å². The number of ether oxygens (including phenoxy) is 2. The SMILES string of the molecule is COc1cccc(CNC(=O)c2oc3ccccc3c2COc2ccccc2)c1. The number of amides is 1. The molecule has 0 bridgehead atoms. The first-order chi connectivity index (χ1) is 14.2. The van der Waals surface area contributed by atoms with E-state index < -0.39 is 0 Å². The number of rotatable bonds is 7. The van der Waals surface area contributed by atoms with Gasteiger partial charge >= 0.3 is 0 Å². The van der Waals surface area contributed by atoms with Crippen LogP contribution in [-0.4, -0.2) is 13.0 Å². The largest absolute Gasteiger partial charge is 0.497 e.